The minimum atomic E-state index is 0.252. The van der Waals surface area contributed by atoms with Crippen LogP contribution in [0.15, 0.2) is 6.20 Å². The maximum atomic E-state index is 12.1. The first-order chi connectivity index (χ1) is 8.83. The molecule has 2 aliphatic heterocycles. The second kappa shape index (κ2) is 5.06. The monoisotopic (exact) mass is 250 g/mol. The maximum absolute atomic E-state index is 12.1. The van der Waals surface area contributed by atoms with Gasteiger partial charge in [0.1, 0.15) is 5.69 Å². The minimum absolute atomic E-state index is 0.252. The highest BCUT2D eigenvalue weighted by molar-refractivity contribution is 5.76. The average molecular weight is 250 g/mol. The summed E-state index contributed by atoms with van der Waals surface area (Å²) in [4.78, 5) is 14.1. The summed E-state index contributed by atoms with van der Waals surface area (Å²) in [5.74, 6) is 0.252. The highest BCUT2D eigenvalue weighted by Crippen LogP contribution is 2.20. The molecule has 0 spiro atoms. The number of nitrogens with zero attached hydrogens (tertiary/aromatic N) is 4. The molecule has 1 saturated heterocycles. The number of amides is 1. The van der Waals surface area contributed by atoms with Crippen LogP contribution in [0.25, 0.3) is 0 Å². The summed E-state index contributed by atoms with van der Waals surface area (Å²) in [6, 6.07) is 0.256. The fraction of sp³-hybridized carbons (Fsp3) is 0.750. The van der Waals surface area contributed by atoms with E-state index in [1.54, 1.807) is 4.68 Å². The Bertz CT molecular complexity index is 431. The molecular formula is C12H18N4O2. The van der Waals surface area contributed by atoms with E-state index in [1.807, 2.05) is 11.1 Å². The first-order valence-corrected chi connectivity index (χ1v) is 6.59. The molecule has 3 rings (SSSR count). The van der Waals surface area contributed by atoms with Gasteiger partial charge in [-0.05, 0) is 19.3 Å². The molecule has 1 amide bonds. The van der Waals surface area contributed by atoms with Gasteiger partial charge in [-0.1, -0.05) is 5.21 Å². The van der Waals surface area contributed by atoms with Gasteiger partial charge in [0.25, 0.3) is 0 Å². The number of carbonyl (C=O) groups excluding carboxylic acids is 1. The van der Waals surface area contributed by atoms with Crippen LogP contribution in [0.1, 0.15) is 31.4 Å². The number of aromatic nitrogens is 3. The average Bonchev–Trinajstić information content (AvgIpc) is 2.97. The van der Waals surface area contributed by atoms with Gasteiger partial charge < -0.3 is 9.64 Å². The van der Waals surface area contributed by atoms with Crippen LogP contribution in [-0.2, 0) is 22.7 Å². The lowest BCUT2D eigenvalue weighted by Crippen LogP contribution is -2.38. The van der Waals surface area contributed by atoms with Crippen LogP contribution in [0.3, 0.4) is 0 Å². The van der Waals surface area contributed by atoms with Crippen LogP contribution < -0.4 is 0 Å². The number of hydrogen-bond acceptors (Lipinski definition) is 4. The Labute approximate surface area is 106 Å². The van der Waals surface area contributed by atoms with E-state index in [1.165, 1.54) is 0 Å². The van der Waals surface area contributed by atoms with Gasteiger partial charge in [0.05, 0.1) is 25.5 Å². The van der Waals surface area contributed by atoms with Crippen LogP contribution in [0.4, 0.5) is 0 Å². The van der Waals surface area contributed by atoms with Crippen molar-refractivity contribution in [3.05, 3.63) is 11.9 Å². The Morgan fingerprint density at radius 1 is 1.33 bits per heavy atom. The number of ether oxygens (including phenoxy) is 1. The van der Waals surface area contributed by atoms with Crippen molar-refractivity contribution >= 4 is 5.91 Å². The molecule has 6 nitrogen and oxygen atoms in total. The van der Waals surface area contributed by atoms with E-state index in [-0.39, 0.29) is 11.9 Å². The molecule has 1 atom stereocenters. The van der Waals surface area contributed by atoms with E-state index in [0.29, 0.717) is 19.6 Å². The van der Waals surface area contributed by atoms with Crippen molar-refractivity contribution in [3.8, 4) is 0 Å². The van der Waals surface area contributed by atoms with Crippen LogP contribution in [0.5, 0.6) is 0 Å². The van der Waals surface area contributed by atoms with Crippen molar-refractivity contribution in [2.45, 2.75) is 44.9 Å². The number of hydrogen-bond donors (Lipinski definition) is 0. The summed E-state index contributed by atoms with van der Waals surface area (Å²) >= 11 is 0. The predicted octanol–water partition coefficient (Wildman–Crippen LogP) is 0.579. The van der Waals surface area contributed by atoms with Gasteiger partial charge in [-0.2, -0.15) is 0 Å². The molecule has 1 unspecified atom stereocenters. The van der Waals surface area contributed by atoms with Gasteiger partial charge >= 0.3 is 0 Å². The normalized spacial score (nSPS) is 25.4. The zero-order chi connectivity index (χ0) is 12.4. The summed E-state index contributed by atoms with van der Waals surface area (Å²) in [5.41, 5.74) is 0.867. The number of rotatable bonds is 0. The molecule has 98 valence electrons. The van der Waals surface area contributed by atoms with Crippen molar-refractivity contribution in [1.29, 1.82) is 0 Å². The van der Waals surface area contributed by atoms with Gasteiger partial charge in [-0.25, -0.2) is 0 Å². The maximum Gasteiger partial charge on any atom is 0.222 e. The van der Waals surface area contributed by atoms with E-state index in [9.17, 15) is 4.79 Å². The number of fused-ring (bicyclic) bond motifs is 3. The molecule has 0 aliphatic carbocycles. The van der Waals surface area contributed by atoms with E-state index in [0.717, 1.165) is 38.0 Å². The van der Waals surface area contributed by atoms with E-state index in [2.05, 4.69) is 10.3 Å². The SMILES string of the molecule is O=C1CCCn2cc(nn2)COCC2CCCN12. The first kappa shape index (κ1) is 11.6. The van der Waals surface area contributed by atoms with E-state index < -0.39 is 0 Å². The second-order valence-corrected chi connectivity index (χ2v) is 4.97. The second-order valence-electron chi connectivity index (χ2n) is 4.97. The third kappa shape index (κ3) is 2.38. The van der Waals surface area contributed by atoms with Crippen molar-refractivity contribution in [2.75, 3.05) is 13.2 Å². The summed E-state index contributed by atoms with van der Waals surface area (Å²) in [5, 5.41) is 8.08. The molecule has 2 aliphatic rings. The quantitative estimate of drug-likeness (QED) is 0.676. The van der Waals surface area contributed by atoms with Gasteiger partial charge in [-0.3, -0.25) is 9.48 Å². The van der Waals surface area contributed by atoms with Gasteiger partial charge in [0.2, 0.25) is 5.91 Å². The number of carbonyl (C=O) groups is 1. The molecule has 3 heterocycles. The molecule has 6 heteroatoms. The molecular weight excluding hydrogens is 232 g/mol. The molecule has 0 saturated carbocycles. The topological polar surface area (TPSA) is 60.3 Å². The first-order valence-electron chi connectivity index (χ1n) is 6.59. The van der Waals surface area contributed by atoms with Crippen LogP contribution >= 0.6 is 0 Å². The lowest BCUT2D eigenvalue weighted by atomic mass is 10.2. The Morgan fingerprint density at radius 2 is 2.28 bits per heavy atom. The molecule has 18 heavy (non-hydrogen) atoms. The molecule has 1 aromatic heterocycles. The third-order valence-corrected chi connectivity index (χ3v) is 3.62. The number of aryl methyl sites for hydroxylation is 1. The zero-order valence-electron chi connectivity index (χ0n) is 10.4. The lowest BCUT2D eigenvalue weighted by molar-refractivity contribution is -0.133. The standard InChI is InChI=1S/C12H18N4O2/c17-12-4-2-5-15-7-10(13-14-15)8-18-9-11-3-1-6-16(11)12/h7,11H,1-6,8-9H2. The predicted molar refractivity (Wildman–Crippen MR) is 63.6 cm³/mol. The molecule has 1 fully saturated rings. The largest absolute Gasteiger partial charge is 0.373 e. The summed E-state index contributed by atoms with van der Waals surface area (Å²) in [7, 11) is 0. The molecule has 1 aromatic rings. The van der Waals surface area contributed by atoms with Crippen LogP contribution in [-0.4, -0.2) is 45.0 Å². The van der Waals surface area contributed by atoms with Crippen molar-refractivity contribution in [1.82, 2.24) is 19.9 Å². The molecule has 0 N–H and O–H groups in total. The fourth-order valence-electron chi connectivity index (χ4n) is 2.69. The lowest BCUT2D eigenvalue weighted by Gasteiger charge is -2.24. The summed E-state index contributed by atoms with van der Waals surface area (Å²) in [6.07, 6.45) is 5.46. The molecule has 2 bridgehead atoms. The highest BCUT2D eigenvalue weighted by atomic mass is 16.5. The molecule has 0 radical (unpaired) electrons. The Balaban J connectivity index is 1.73. The summed E-state index contributed by atoms with van der Waals surface area (Å²) in [6.45, 7) is 2.72. The van der Waals surface area contributed by atoms with Crippen molar-refractivity contribution in [2.24, 2.45) is 0 Å². The van der Waals surface area contributed by atoms with Gasteiger partial charge in [0, 0.05) is 19.5 Å². The minimum Gasteiger partial charge on any atom is -0.373 e. The van der Waals surface area contributed by atoms with Crippen molar-refractivity contribution in [3.63, 3.8) is 0 Å². The van der Waals surface area contributed by atoms with Gasteiger partial charge in [-0.15, -0.1) is 5.10 Å². The fourth-order valence-corrected chi connectivity index (χ4v) is 2.69. The third-order valence-electron chi connectivity index (χ3n) is 3.62. The Hall–Kier alpha value is -1.43. The van der Waals surface area contributed by atoms with Crippen molar-refractivity contribution < 1.29 is 9.53 Å². The van der Waals surface area contributed by atoms with E-state index >= 15 is 0 Å². The van der Waals surface area contributed by atoms with Crippen LogP contribution in [0, 0.1) is 0 Å². The van der Waals surface area contributed by atoms with E-state index in [4.69, 9.17) is 4.74 Å². The Morgan fingerprint density at radius 3 is 3.22 bits per heavy atom. The molecule has 0 aromatic carbocycles. The zero-order valence-corrected chi connectivity index (χ0v) is 10.4. The summed E-state index contributed by atoms with van der Waals surface area (Å²) < 4.78 is 7.44. The van der Waals surface area contributed by atoms with Crippen LogP contribution in [0.2, 0.25) is 0 Å². The highest BCUT2D eigenvalue weighted by Gasteiger charge is 2.28. The van der Waals surface area contributed by atoms with Gasteiger partial charge in [0.15, 0.2) is 0 Å². The Kier molecular flexibility index (Phi) is 3.27. The smallest absolute Gasteiger partial charge is 0.222 e.